The van der Waals surface area contributed by atoms with Crippen molar-refractivity contribution in [2.24, 2.45) is 5.73 Å². The predicted octanol–water partition coefficient (Wildman–Crippen LogP) is 2.09. The van der Waals surface area contributed by atoms with E-state index in [9.17, 15) is 0 Å². The van der Waals surface area contributed by atoms with Gasteiger partial charge in [-0.2, -0.15) is 0 Å². The topological polar surface area (TPSA) is 63.8 Å². The zero-order valence-corrected chi connectivity index (χ0v) is 10.9. The normalized spacial score (nSPS) is 10.2. The largest absolute Gasteiger partial charge is 0.388 e. The van der Waals surface area contributed by atoms with Gasteiger partial charge < -0.3 is 11.1 Å². The summed E-state index contributed by atoms with van der Waals surface area (Å²) in [4.78, 5) is 8.96. The number of pyridine rings is 1. The van der Waals surface area contributed by atoms with Crippen LogP contribution in [0.25, 0.3) is 0 Å². The molecule has 2 heterocycles. The lowest BCUT2D eigenvalue weighted by Crippen LogP contribution is -2.12. The second-order valence-corrected chi connectivity index (χ2v) is 4.89. The van der Waals surface area contributed by atoms with Gasteiger partial charge >= 0.3 is 0 Å². The van der Waals surface area contributed by atoms with Crippen LogP contribution in [0.4, 0.5) is 5.82 Å². The van der Waals surface area contributed by atoms with E-state index in [0.29, 0.717) is 17.2 Å². The van der Waals surface area contributed by atoms with Crippen molar-refractivity contribution in [1.29, 1.82) is 0 Å². The minimum Gasteiger partial charge on any atom is -0.388 e. The van der Waals surface area contributed by atoms with Crippen LogP contribution in [0.5, 0.6) is 0 Å². The van der Waals surface area contributed by atoms with E-state index in [1.807, 2.05) is 24.4 Å². The molecule has 0 aliphatic rings. The smallest absolute Gasteiger partial charge is 0.127 e. The zero-order chi connectivity index (χ0) is 12.3. The summed E-state index contributed by atoms with van der Waals surface area (Å²) < 4.78 is 0. The fourth-order valence-electron chi connectivity index (χ4n) is 1.32. The van der Waals surface area contributed by atoms with Crippen LogP contribution in [-0.4, -0.2) is 15.0 Å². The second-order valence-electron chi connectivity index (χ2n) is 3.51. The minimum atomic E-state index is 0.304. The van der Waals surface area contributed by atoms with E-state index in [1.165, 1.54) is 0 Å². The molecule has 0 radical (unpaired) electrons. The number of hydrogen-bond donors (Lipinski definition) is 2. The molecule has 0 unspecified atom stereocenters. The highest BCUT2D eigenvalue weighted by Crippen LogP contribution is 2.11. The number of hydrogen-bond acceptors (Lipinski definition) is 5. The summed E-state index contributed by atoms with van der Waals surface area (Å²) in [5.74, 6) is 0.753. The first kappa shape index (κ1) is 11.9. The summed E-state index contributed by atoms with van der Waals surface area (Å²) in [7, 11) is 0. The Balaban J connectivity index is 2.04. The molecule has 0 aliphatic heterocycles. The maximum atomic E-state index is 5.52. The van der Waals surface area contributed by atoms with Crippen LogP contribution in [0.1, 0.15) is 16.4 Å². The van der Waals surface area contributed by atoms with Crippen molar-refractivity contribution >= 4 is 34.4 Å². The summed E-state index contributed by atoms with van der Waals surface area (Å²) in [5.41, 5.74) is 7.19. The van der Waals surface area contributed by atoms with Crippen LogP contribution in [-0.2, 0) is 6.54 Å². The lowest BCUT2D eigenvalue weighted by Gasteiger charge is -2.04. The molecule has 2 rings (SSSR count). The van der Waals surface area contributed by atoms with Gasteiger partial charge in [-0.3, -0.25) is 0 Å². The molecule has 0 saturated carbocycles. The number of nitrogens with one attached hydrogen (secondary N) is 1. The van der Waals surface area contributed by atoms with Gasteiger partial charge in [-0.05, 0) is 19.1 Å². The summed E-state index contributed by atoms with van der Waals surface area (Å²) in [6.07, 6.45) is 0. The first-order valence-corrected chi connectivity index (χ1v) is 6.35. The molecule has 3 N–H and O–H groups in total. The van der Waals surface area contributed by atoms with Crippen LogP contribution >= 0.6 is 23.6 Å². The molecule has 17 heavy (non-hydrogen) atoms. The molecule has 2 aromatic heterocycles. The van der Waals surface area contributed by atoms with Gasteiger partial charge in [0.25, 0.3) is 0 Å². The van der Waals surface area contributed by atoms with Gasteiger partial charge in [0.2, 0.25) is 0 Å². The van der Waals surface area contributed by atoms with Crippen molar-refractivity contribution in [3.63, 3.8) is 0 Å². The third-order valence-electron chi connectivity index (χ3n) is 2.09. The van der Waals surface area contributed by atoms with Gasteiger partial charge in [0.05, 0.1) is 12.2 Å². The van der Waals surface area contributed by atoms with Crippen molar-refractivity contribution in [2.75, 3.05) is 5.32 Å². The van der Waals surface area contributed by atoms with E-state index in [4.69, 9.17) is 18.0 Å². The maximum absolute atomic E-state index is 5.52. The van der Waals surface area contributed by atoms with E-state index in [-0.39, 0.29) is 0 Å². The Bertz CT molecular complexity index is 536. The third kappa shape index (κ3) is 3.21. The number of rotatable bonds is 4. The van der Waals surface area contributed by atoms with Gasteiger partial charge in [-0.15, -0.1) is 11.3 Å². The first-order valence-electron chi connectivity index (χ1n) is 5.07. The number of aryl methyl sites for hydroxylation is 1. The lowest BCUT2D eigenvalue weighted by atomic mass is 10.3. The summed E-state index contributed by atoms with van der Waals surface area (Å²) in [5, 5.41) is 6.25. The predicted molar refractivity (Wildman–Crippen MR) is 74.3 cm³/mol. The van der Waals surface area contributed by atoms with Crippen LogP contribution in [0.3, 0.4) is 0 Å². The van der Waals surface area contributed by atoms with Crippen molar-refractivity contribution in [3.8, 4) is 0 Å². The van der Waals surface area contributed by atoms with E-state index in [0.717, 1.165) is 16.5 Å². The zero-order valence-electron chi connectivity index (χ0n) is 9.30. The van der Waals surface area contributed by atoms with Crippen molar-refractivity contribution in [1.82, 2.24) is 9.97 Å². The molecule has 88 valence electrons. The molecule has 0 atom stereocenters. The molecule has 0 fully saturated rings. The van der Waals surface area contributed by atoms with Crippen molar-refractivity contribution in [3.05, 3.63) is 40.0 Å². The first-order chi connectivity index (χ1) is 8.15. The Kier molecular flexibility index (Phi) is 3.65. The molecular weight excluding hydrogens is 252 g/mol. The molecule has 0 aliphatic carbocycles. The van der Waals surface area contributed by atoms with Crippen LogP contribution in [0.15, 0.2) is 23.6 Å². The maximum Gasteiger partial charge on any atom is 0.127 e. The van der Waals surface area contributed by atoms with Gasteiger partial charge in [-0.1, -0.05) is 18.3 Å². The van der Waals surface area contributed by atoms with Crippen LogP contribution in [0.2, 0.25) is 0 Å². The third-order valence-corrected chi connectivity index (χ3v) is 3.26. The number of nitrogens with zero attached hydrogens (tertiary/aromatic N) is 2. The second kappa shape index (κ2) is 5.20. The molecule has 2 aromatic rings. The highest BCUT2D eigenvalue weighted by molar-refractivity contribution is 7.80. The molecule has 0 aromatic carbocycles. The fraction of sp³-hybridized carbons (Fsp3) is 0.182. The number of nitrogens with two attached hydrogens (primary N) is 1. The van der Waals surface area contributed by atoms with Crippen LogP contribution < -0.4 is 11.1 Å². The quantitative estimate of drug-likeness (QED) is 0.828. The molecule has 0 spiro atoms. The molecule has 6 heteroatoms. The monoisotopic (exact) mass is 264 g/mol. The minimum absolute atomic E-state index is 0.304. The van der Waals surface area contributed by atoms with E-state index < -0.39 is 0 Å². The van der Waals surface area contributed by atoms with Gasteiger partial charge in [0.15, 0.2) is 0 Å². The summed E-state index contributed by atoms with van der Waals surface area (Å²) >= 11 is 6.51. The van der Waals surface area contributed by atoms with Gasteiger partial charge in [-0.25, -0.2) is 9.97 Å². The molecule has 0 amide bonds. The number of thiazole rings is 1. The van der Waals surface area contributed by atoms with E-state index in [1.54, 1.807) is 17.4 Å². The number of aromatic nitrogens is 2. The average molecular weight is 264 g/mol. The summed E-state index contributed by atoms with van der Waals surface area (Å²) in [6.45, 7) is 2.64. The molecule has 0 saturated heterocycles. The highest BCUT2D eigenvalue weighted by atomic mass is 32.1. The van der Waals surface area contributed by atoms with E-state index >= 15 is 0 Å². The van der Waals surface area contributed by atoms with Crippen molar-refractivity contribution in [2.45, 2.75) is 13.5 Å². The SMILES string of the molecule is Cc1csc(CNc2cccc(C(N)=S)n2)n1. The molecule has 4 nitrogen and oxygen atoms in total. The Hall–Kier alpha value is -1.53. The Morgan fingerprint density at radius 2 is 2.29 bits per heavy atom. The highest BCUT2D eigenvalue weighted by Gasteiger charge is 2.02. The Morgan fingerprint density at radius 3 is 2.94 bits per heavy atom. The number of anilines is 1. The van der Waals surface area contributed by atoms with Crippen LogP contribution in [0, 0.1) is 6.92 Å². The van der Waals surface area contributed by atoms with Gasteiger partial charge in [0.1, 0.15) is 15.8 Å². The van der Waals surface area contributed by atoms with Gasteiger partial charge in [0, 0.05) is 11.1 Å². The number of thiocarbonyl (C=S) groups is 1. The van der Waals surface area contributed by atoms with E-state index in [2.05, 4.69) is 15.3 Å². The Morgan fingerprint density at radius 1 is 1.47 bits per heavy atom. The summed E-state index contributed by atoms with van der Waals surface area (Å²) in [6, 6.07) is 5.54. The molecule has 0 bridgehead atoms. The fourth-order valence-corrected chi connectivity index (χ4v) is 2.15. The average Bonchev–Trinajstić information content (AvgIpc) is 2.73. The van der Waals surface area contributed by atoms with Crippen molar-refractivity contribution < 1.29 is 0 Å². The Labute approximate surface area is 109 Å². The molecular formula is C11H12N4S2. The lowest BCUT2D eigenvalue weighted by molar-refractivity contribution is 1.06. The standard InChI is InChI=1S/C11H12N4S2/c1-7-6-17-10(14-7)5-13-9-4-2-3-8(15-9)11(12)16/h2-4,6H,5H2,1H3,(H2,12,16)(H,13,15).